The van der Waals surface area contributed by atoms with Gasteiger partial charge >= 0.3 is 0 Å². The van der Waals surface area contributed by atoms with E-state index in [1.165, 1.54) is 12.1 Å². The van der Waals surface area contributed by atoms with Crippen molar-refractivity contribution in [2.75, 3.05) is 13.1 Å². The van der Waals surface area contributed by atoms with E-state index in [0.29, 0.717) is 29.2 Å². The molecular weight excluding hydrogens is 442 g/mol. The fourth-order valence-corrected chi connectivity index (χ4v) is 5.15. The Morgan fingerprint density at radius 1 is 0.970 bits per heavy atom. The molecule has 1 N–H and O–H groups in total. The average Bonchev–Trinajstić information content (AvgIpc) is 2.72. The van der Waals surface area contributed by atoms with Gasteiger partial charge in [-0.15, -0.1) is 0 Å². The number of nitrogens with zero attached hydrogens (tertiary/aromatic N) is 2. The Hall–Kier alpha value is -2.78. The number of hydrogen-bond acceptors (Lipinski definition) is 3. The molecule has 0 radical (unpaired) electrons. The monoisotopic (exact) mass is 466 g/mol. The summed E-state index contributed by atoms with van der Waals surface area (Å²) in [5.41, 5.74) is 1.89. The second-order valence-electron chi connectivity index (χ2n) is 9.24. The van der Waals surface area contributed by atoms with Gasteiger partial charge < -0.3 is 5.11 Å². The minimum atomic E-state index is -1.16. The molecule has 170 valence electrons. The third kappa shape index (κ3) is 5.09. The summed E-state index contributed by atoms with van der Waals surface area (Å²) in [6, 6.07) is 20.6. The van der Waals surface area contributed by atoms with Gasteiger partial charge in [-0.25, -0.2) is 8.78 Å². The summed E-state index contributed by atoms with van der Waals surface area (Å²) in [6.07, 6.45) is 0. The lowest BCUT2D eigenvalue weighted by Crippen LogP contribution is -2.54. The molecule has 3 aromatic rings. The van der Waals surface area contributed by atoms with E-state index in [9.17, 15) is 19.1 Å². The first-order valence-corrected chi connectivity index (χ1v) is 11.2. The van der Waals surface area contributed by atoms with Crippen molar-refractivity contribution in [2.45, 2.75) is 31.4 Å². The van der Waals surface area contributed by atoms with E-state index < -0.39 is 23.2 Å². The summed E-state index contributed by atoms with van der Waals surface area (Å²) >= 11 is 6.10. The summed E-state index contributed by atoms with van der Waals surface area (Å²) in [5.74, 6) is -1.74. The molecule has 0 unspecified atom stereocenters. The maximum absolute atomic E-state index is 13.9. The van der Waals surface area contributed by atoms with Crippen LogP contribution in [0.1, 0.15) is 48.1 Å². The lowest BCUT2D eigenvalue weighted by atomic mass is 9.71. The Kier molecular flexibility index (Phi) is 6.54. The second-order valence-corrected chi connectivity index (χ2v) is 9.68. The normalized spacial score (nSPS) is 16.6. The highest BCUT2D eigenvalue weighted by Crippen LogP contribution is 2.44. The minimum absolute atomic E-state index is 0.000139. The number of nitriles is 1. The lowest BCUT2D eigenvalue weighted by Gasteiger charge is -2.50. The van der Waals surface area contributed by atoms with Crippen molar-refractivity contribution < 1.29 is 13.9 Å². The molecule has 1 heterocycles. The van der Waals surface area contributed by atoms with Gasteiger partial charge in [-0.3, -0.25) is 4.90 Å². The van der Waals surface area contributed by atoms with Crippen LogP contribution < -0.4 is 0 Å². The number of aliphatic hydroxyl groups is 1. The van der Waals surface area contributed by atoms with E-state index in [-0.39, 0.29) is 12.0 Å². The lowest BCUT2D eigenvalue weighted by molar-refractivity contribution is -0.0309. The zero-order chi connectivity index (χ0) is 23.8. The molecule has 0 spiro atoms. The largest absolute Gasteiger partial charge is 0.390 e. The molecule has 3 nitrogen and oxygen atoms in total. The highest BCUT2D eigenvalue weighted by atomic mass is 35.5. The van der Waals surface area contributed by atoms with E-state index >= 15 is 0 Å². The van der Waals surface area contributed by atoms with Crippen LogP contribution >= 0.6 is 11.6 Å². The summed E-state index contributed by atoms with van der Waals surface area (Å²) in [5, 5.41) is 20.9. The third-order valence-electron chi connectivity index (χ3n) is 6.30. The molecule has 2 atom stereocenters. The molecule has 0 saturated carbocycles. The molecule has 1 aliphatic rings. The predicted octanol–water partition coefficient (Wildman–Crippen LogP) is 6.07. The maximum Gasteiger partial charge on any atom is 0.126 e. The molecular formula is C27H25ClF2N2O. The average molecular weight is 467 g/mol. The number of likely N-dealkylation sites (tertiary alicyclic amines) is 1. The van der Waals surface area contributed by atoms with Gasteiger partial charge in [-0.2, -0.15) is 5.26 Å². The number of hydrogen-bond donors (Lipinski definition) is 1. The van der Waals surface area contributed by atoms with Gasteiger partial charge in [-0.1, -0.05) is 35.9 Å². The van der Waals surface area contributed by atoms with Gasteiger partial charge in [-0.05, 0) is 72.9 Å². The fourth-order valence-electron chi connectivity index (χ4n) is 5.02. The molecule has 0 bridgehead atoms. The number of halogens is 3. The minimum Gasteiger partial charge on any atom is -0.390 e. The first kappa shape index (κ1) is 23.4. The zero-order valence-electron chi connectivity index (χ0n) is 18.5. The van der Waals surface area contributed by atoms with Crippen LogP contribution in [-0.2, 0) is 0 Å². The van der Waals surface area contributed by atoms with Crippen molar-refractivity contribution in [1.29, 1.82) is 5.26 Å². The van der Waals surface area contributed by atoms with Gasteiger partial charge in [0.2, 0.25) is 0 Å². The Morgan fingerprint density at radius 2 is 1.61 bits per heavy atom. The Morgan fingerprint density at radius 3 is 2.18 bits per heavy atom. The molecule has 1 aliphatic heterocycles. The topological polar surface area (TPSA) is 47.3 Å². The summed E-state index contributed by atoms with van der Waals surface area (Å²) < 4.78 is 27.9. The van der Waals surface area contributed by atoms with Crippen LogP contribution in [0, 0.1) is 28.9 Å². The van der Waals surface area contributed by atoms with Crippen LogP contribution in [0.4, 0.5) is 8.78 Å². The SMILES string of the molecule is CC(C)(O)[C@@H](c1cc(F)cc(F)c1)C1CN([C@H](c2ccc(Cl)cc2)c2cccc(C#N)c2)C1. The first-order chi connectivity index (χ1) is 15.7. The van der Waals surface area contributed by atoms with E-state index in [1.54, 1.807) is 19.9 Å². The van der Waals surface area contributed by atoms with E-state index in [0.717, 1.165) is 17.2 Å². The van der Waals surface area contributed by atoms with Crippen molar-refractivity contribution in [2.24, 2.45) is 5.92 Å². The van der Waals surface area contributed by atoms with Crippen LogP contribution in [0.5, 0.6) is 0 Å². The number of benzene rings is 3. The Bertz CT molecular complexity index is 1160. The first-order valence-electron chi connectivity index (χ1n) is 10.8. The molecule has 0 aromatic heterocycles. The van der Waals surface area contributed by atoms with Crippen molar-refractivity contribution in [3.05, 3.63) is 106 Å². The summed E-state index contributed by atoms with van der Waals surface area (Å²) in [4.78, 5) is 2.25. The van der Waals surface area contributed by atoms with Crippen molar-refractivity contribution in [3.63, 3.8) is 0 Å². The predicted molar refractivity (Wildman–Crippen MR) is 125 cm³/mol. The van der Waals surface area contributed by atoms with E-state index in [1.807, 2.05) is 42.5 Å². The van der Waals surface area contributed by atoms with E-state index in [4.69, 9.17) is 11.6 Å². The highest BCUT2D eigenvalue weighted by molar-refractivity contribution is 6.30. The van der Waals surface area contributed by atoms with Crippen LogP contribution in [0.25, 0.3) is 0 Å². The van der Waals surface area contributed by atoms with Gasteiger partial charge in [0.1, 0.15) is 11.6 Å². The fraction of sp³-hybridized carbons (Fsp3) is 0.296. The highest BCUT2D eigenvalue weighted by Gasteiger charge is 2.44. The molecule has 6 heteroatoms. The van der Waals surface area contributed by atoms with Gasteiger partial charge in [0.15, 0.2) is 0 Å². The molecule has 4 rings (SSSR count). The van der Waals surface area contributed by atoms with Gasteiger partial charge in [0.05, 0.1) is 23.3 Å². The summed E-state index contributed by atoms with van der Waals surface area (Å²) in [7, 11) is 0. The maximum atomic E-state index is 13.9. The Labute approximate surface area is 197 Å². The smallest absolute Gasteiger partial charge is 0.126 e. The molecule has 3 aromatic carbocycles. The third-order valence-corrected chi connectivity index (χ3v) is 6.55. The number of rotatable bonds is 6. The van der Waals surface area contributed by atoms with Crippen LogP contribution in [-0.4, -0.2) is 28.7 Å². The zero-order valence-corrected chi connectivity index (χ0v) is 19.2. The molecule has 0 aliphatic carbocycles. The molecule has 1 fully saturated rings. The van der Waals surface area contributed by atoms with Gasteiger partial charge in [0, 0.05) is 30.1 Å². The van der Waals surface area contributed by atoms with E-state index in [2.05, 4.69) is 11.0 Å². The quantitative estimate of drug-likeness (QED) is 0.480. The van der Waals surface area contributed by atoms with Crippen molar-refractivity contribution >= 4 is 11.6 Å². The van der Waals surface area contributed by atoms with Crippen molar-refractivity contribution in [1.82, 2.24) is 4.90 Å². The Balaban J connectivity index is 1.65. The van der Waals surface area contributed by atoms with Crippen LogP contribution in [0.15, 0.2) is 66.7 Å². The standard InChI is InChI=1S/C27H25ClF2N2O/c1-27(2,33)25(20-11-23(29)13-24(30)12-20)21-15-32(16-21)26(18-6-8-22(28)9-7-18)19-5-3-4-17(10-19)14-31/h3-13,21,25-26,33H,15-16H2,1-2H3/t25-,26+/m0/s1. The van der Waals surface area contributed by atoms with Crippen LogP contribution in [0.3, 0.4) is 0 Å². The van der Waals surface area contributed by atoms with Crippen molar-refractivity contribution in [3.8, 4) is 6.07 Å². The summed E-state index contributed by atoms with van der Waals surface area (Å²) in [6.45, 7) is 4.60. The second kappa shape index (κ2) is 9.23. The van der Waals surface area contributed by atoms with Gasteiger partial charge in [0.25, 0.3) is 0 Å². The molecule has 0 amide bonds. The molecule has 33 heavy (non-hydrogen) atoms. The molecule has 1 saturated heterocycles. The van der Waals surface area contributed by atoms with Crippen LogP contribution in [0.2, 0.25) is 5.02 Å².